The number of hydrogen-bond donors (Lipinski definition) is 1. The fourth-order valence-electron chi connectivity index (χ4n) is 1.89. The Hall–Kier alpha value is -2.76. The van der Waals surface area contributed by atoms with Gasteiger partial charge in [0.2, 0.25) is 0 Å². The Kier molecular flexibility index (Phi) is 3.74. The highest BCUT2D eigenvalue weighted by Gasteiger charge is 2.12. The molecule has 0 atom stereocenters. The number of methoxy groups -OCH3 is 1. The molecule has 0 aromatic heterocycles. The van der Waals surface area contributed by atoms with Gasteiger partial charge in [-0.25, -0.2) is 0 Å². The Balaban J connectivity index is 2.41. The van der Waals surface area contributed by atoms with Crippen LogP contribution in [0.3, 0.4) is 0 Å². The molecule has 0 fully saturated rings. The van der Waals surface area contributed by atoms with Crippen LogP contribution in [0.15, 0.2) is 42.5 Å². The summed E-state index contributed by atoms with van der Waals surface area (Å²) in [6.07, 6.45) is 0. The number of non-ortho nitro benzene ring substituents is 1. The molecule has 2 aromatic rings. The van der Waals surface area contributed by atoms with Crippen LogP contribution in [0.1, 0.15) is 0 Å². The zero-order chi connectivity index (χ0) is 14.7. The number of nitrogen functional groups attached to an aromatic ring is 1. The Morgan fingerprint density at radius 1 is 1.20 bits per heavy atom. The summed E-state index contributed by atoms with van der Waals surface area (Å²) in [6.45, 7) is 0. The Bertz CT molecular complexity index is 643. The minimum absolute atomic E-state index is 0.0326. The quantitative estimate of drug-likeness (QED) is 0.526. The van der Waals surface area contributed by atoms with E-state index in [0.717, 1.165) is 5.69 Å². The number of benzene rings is 2. The summed E-state index contributed by atoms with van der Waals surface area (Å²) in [5.74, 6) is 0.716. The van der Waals surface area contributed by atoms with Gasteiger partial charge in [0.1, 0.15) is 5.75 Å². The van der Waals surface area contributed by atoms with Crippen molar-refractivity contribution in [3.63, 3.8) is 0 Å². The first-order chi connectivity index (χ1) is 9.51. The van der Waals surface area contributed by atoms with E-state index in [4.69, 9.17) is 10.5 Å². The third-order valence-electron chi connectivity index (χ3n) is 2.96. The van der Waals surface area contributed by atoms with E-state index in [0.29, 0.717) is 17.1 Å². The normalized spacial score (nSPS) is 10.1. The van der Waals surface area contributed by atoms with Crippen LogP contribution < -0.4 is 15.4 Å². The topological polar surface area (TPSA) is 81.6 Å². The summed E-state index contributed by atoms with van der Waals surface area (Å²) in [6, 6.07) is 11.9. The van der Waals surface area contributed by atoms with Gasteiger partial charge in [-0.2, -0.15) is 0 Å². The second-order valence-electron chi connectivity index (χ2n) is 4.30. The zero-order valence-corrected chi connectivity index (χ0v) is 11.2. The number of hydrogen-bond acceptors (Lipinski definition) is 5. The second-order valence-corrected chi connectivity index (χ2v) is 4.30. The number of ether oxygens (including phenoxy) is 1. The lowest BCUT2D eigenvalue weighted by Gasteiger charge is -2.20. The van der Waals surface area contributed by atoms with Crippen molar-refractivity contribution < 1.29 is 9.66 Å². The predicted octanol–water partition coefficient (Wildman–Crippen LogP) is 2.95. The highest BCUT2D eigenvalue weighted by molar-refractivity contribution is 5.70. The zero-order valence-electron chi connectivity index (χ0n) is 11.2. The maximum Gasteiger partial charge on any atom is 0.273 e. The van der Waals surface area contributed by atoms with E-state index in [1.54, 1.807) is 13.2 Å². The molecule has 104 valence electrons. The lowest BCUT2D eigenvalue weighted by atomic mass is 10.2. The number of nitrogens with zero attached hydrogens (tertiary/aromatic N) is 2. The molecule has 20 heavy (non-hydrogen) atoms. The first-order valence-corrected chi connectivity index (χ1v) is 5.94. The molecular formula is C14H15N3O3. The Morgan fingerprint density at radius 2 is 1.95 bits per heavy atom. The van der Waals surface area contributed by atoms with E-state index in [1.165, 1.54) is 12.1 Å². The fourth-order valence-corrected chi connectivity index (χ4v) is 1.89. The molecule has 0 bridgehead atoms. The SMILES string of the molecule is COc1cccc(N(C)c2cc(N)cc([N+](=O)[O-])c2)c1. The average Bonchev–Trinajstić information content (AvgIpc) is 2.45. The van der Waals surface area contributed by atoms with E-state index in [2.05, 4.69) is 0 Å². The molecule has 0 aliphatic heterocycles. The van der Waals surface area contributed by atoms with Crippen LogP contribution in [0.5, 0.6) is 5.75 Å². The molecular weight excluding hydrogens is 258 g/mol. The summed E-state index contributed by atoms with van der Waals surface area (Å²) >= 11 is 0. The first kappa shape index (κ1) is 13.7. The van der Waals surface area contributed by atoms with Crippen molar-refractivity contribution in [2.24, 2.45) is 0 Å². The Morgan fingerprint density at radius 3 is 2.60 bits per heavy atom. The van der Waals surface area contributed by atoms with E-state index in [-0.39, 0.29) is 5.69 Å². The van der Waals surface area contributed by atoms with Gasteiger partial charge in [-0.15, -0.1) is 0 Å². The third-order valence-corrected chi connectivity index (χ3v) is 2.96. The van der Waals surface area contributed by atoms with Gasteiger partial charge in [0.05, 0.1) is 12.0 Å². The molecule has 0 radical (unpaired) electrons. The number of nitro groups is 1. The van der Waals surface area contributed by atoms with Crippen molar-refractivity contribution in [1.29, 1.82) is 0 Å². The van der Waals surface area contributed by atoms with Gasteiger partial charge >= 0.3 is 0 Å². The van der Waals surface area contributed by atoms with Crippen LogP contribution in [0.25, 0.3) is 0 Å². The number of nitrogens with two attached hydrogens (primary N) is 1. The molecule has 0 spiro atoms. The summed E-state index contributed by atoms with van der Waals surface area (Å²) in [7, 11) is 3.40. The van der Waals surface area contributed by atoms with Gasteiger partial charge in [-0.05, 0) is 18.2 Å². The van der Waals surface area contributed by atoms with Crippen molar-refractivity contribution in [1.82, 2.24) is 0 Å². The standard InChI is InChI=1S/C14H15N3O3/c1-16(11-4-3-5-14(9-11)20-2)12-6-10(15)7-13(8-12)17(18)19/h3-9H,15H2,1-2H3. The van der Waals surface area contributed by atoms with Gasteiger partial charge < -0.3 is 15.4 Å². The van der Waals surface area contributed by atoms with Crippen LogP contribution >= 0.6 is 0 Å². The maximum atomic E-state index is 10.9. The van der Waals surface area contributed by atoms with Gasteiger partial charge in [-0.1, -0.05) is 6.07 Å². The third kappa shape index (κ3) is 2.80. The van der Waals surface area contributed by atoms with Gasteiger partial charge in [0.15, 0.2) is 0 Å². The highest BCUT2D eigenvalue weighted by Crippen LogP contribution is 2.31. The molecule has 2 rings (SSSR count). The first-order valence-electron chi connectivity index (χ1n) is 5.94. The fraction of sp³-hybridized carbons (Fsp3) is 0.143. The molecule has 2 aromatic carbocycles. The summed E-state index contributed by atoms with van der Waals surface area (Å²) < 4.78 is 5.17. The molecule has 0 heterocycles. The lowest BCUT2D eigenvalue weighted by Crippen LogP contribution is -2.10. The van der Waals surface area contributed by atoms with E-state index in [1.807, 2.05) is 36.2 Å². The van der Waals surface area contributed by atoms with E-state index >= 15 is 0 Å². The maximum absolute atomic E-state index is 10.9. The lowest BCUT2D eigenvalue weighted by molar-refractivity contribution is -0.384. The van der Waals surface area contributed by atoms with Crippen molar-refractivity contribution in [2.45, 2.75) is 0 Å². The summed E-state index contributed by atoms with van der Waals surface area (Å²) in [5.41, 5.74) is 7.53. The minimum atomic E-state index is -0.459. The van der Waals surface area contributed by atoms with Crippen LogP contribution in [0, 0.1) is 10.1 Å². The van der Waals surface area contributed by atoms with Crippen molar-refractivity contribution in [3.05, 3.63) is 52.6 Å². The molecule has 0 aliphatic carbocycles. The Labute approximate surface area is 116 Å². The molecule has 6 nitrogen and oxygen atoms in total. The van der Waals surface area contributed by atoms with Crippen molar-refractivity contribution >= 4 is 22.7 Å². The molecule has 2 N–H and O–H groups in total. The molecule has 0 aliphatic rings. The smallest absolute Gasteiger partial charge is 0.273 e. The predicted molar refractivity (Wildman–Crippen MR) is 78.6 cm³/mol. The molecule has 0 saturated carbocycles. The van der Waals surface area contributed by atoms with Gasteiger partial charge in [-0.3, -0.25) is 10.1 Å². The highest BCUT2D eigenvalue weighted by atomic mass is 16.6. The number of anilines is 3. The number of rotatable bonds is 4. The van der Waals surface area contributed by atoms with Gasteiger partial charge in [0, 0.05) is 42.3 Å². The van der Waals surface area contributed by atoms with Crippen molar-refractivity contribution in [3.8, 4) is 5.75 Å². The van der Waals surface area contributed by atoms with Crippen LogP contribution in [0.4, 0.5) is 22.7 Å². The summed E-state index contributed by atoms with van der Waals surface area (Å²) in [4.78, 5) is 12.2. The number of nitro benzene ring substituents is 1. The molecule has 0 unspecified atom stereocenters. The van der Waals surface area contributed by atoms with Gasteiger partial charge in [0.25, 0.3) is 5.69 Å². The molecule has 0 saturated heterocycles. The monoisotopic (exact) mass is 273 g/mol. The average molecular weight is 273 g/mol. The summed E-state index contributed by atoms with van der Waals surface area (Å²) in [5, 5.41) is 10.9. The van der Waals surface area contributed by atoms with E-state index < -0.39 is 4.92 Å². The van der Waals surface area contributed by atoms with Crippen LogP contribution in [0.2, 0.25) is 0 Å². The molecule has 6 heteroatoms. The van der Waals surface area contributed by atoms with Crippen LogP contribution in [-0.4, -0.2) is 19.1 Å². The largest absolute Gasteiger partial charge is 0.497 e. The van der Waals surface area contributed by atoms with Crippen molar-refractivity contribution in [2.75, 3.05) is 24.8 Å². The second kappa shape index (κ2) is 5.48. The van der Waals surface area contributed by atoms with Crippen LogP contribution in [-0.2, 0) is 0 Å². The van der Waals surface area contributed by atoms with E-state index in [9.17, 15) is 10.1 Å². The molecule has 0 amide bonds. The minimum Gasteiger partial charge on any atom is -0.497 e.